The van der Waals surface area contributed by atoms with Gasteiger partial charge in [-0.2, -0.15) is 0 Å². The van der Waals surface area contributed by atoms with E-state index in [1.165, 1.54) is 0 Å². The van der Waals surface area contributed by atoms with E-state index in [0.29, 0.717) is 17.9 Å². The van der Waals surface area contributed by atoms with Crippen LogP contribution in [0.2, 0.25) is 0 Å². The molecule has 1 aromatic rings. The Balaban J connectivity index is 2.54. The molecule has 0 radical (unpaired) electrons. The Morgan fingerprint density at radius 1 is 1.56 bits per heavy atom. The van der Waals surface area contributed by atoms with Crippen molar-refractivity contribution in [1.82, 2.24) is 4.98 Å². The summed E-state index contributed by atoms with van der Waals surface area (Å²) in [7, 11) is 0. The van der Waals surface area contributed by atoms with Crippen LogP contribution in [0.5, 0.6) is 0 Å². The summed E-state index contributed by atoms with van der Waals surface area (Å²) in [6, 6.07) is 1.69. The van der Waals surface area contributed by atoms with Gasteiger partial charge in [0.25, 0.3) is 5.91 Å². The van der Waals surface area contributed by atoms with E-state index in [4.69, 9.17) is 15.6 Å². The van der Waals surface area contributed by atoms with Gasteiger partial charge in [-0.1, -0.05) is 0 Å². The molecule has 1 rings (SSSR count). The number of amides is 1. The quantitative estimate of drug-likeness (QED) is 0.589. The molecule has 7 heteroatoms. The Morgan fingerprint density at radius 3 is 2.89 bits per heavy atom. The predicted molar refractivity (Wildman–Crippen MR) is 64.4 cm³/mol. The van der Waals surface area contributed by atoms with Crippen LogP contribution in [-0.4, -0.2) is 41.7 Å². The van der Waals surface area contributed by atoms with Crippen LogP contribution in [0.4, 0.5) is 5.82 Å². The van der Waals surface area contributed by atoms with E-state index in [1.807, 2.05) is 0 Å². The Kier molecular flexibility index (Phi) is 5.06. The van der Waals surface area contributed by atoms with Crippen molar-refractivity contribution in [3.05, 3.63) is 23.4 Å². The highest BCUT2D eigenvalue weighted by Crippen LogP contribution is 2.15. The van der Waals surface area contributed by atoms with E-state index in [1.54, 1.807) is 19.2 Å². The van der Waals surface area contributed by atoms with Gasteiger partial charge in [-0.3, -0.25) is 4.79 Å². The molecule has 98 valence electrons. The normalized spacial score (nSPS) is 10.1. The lowest BCUT2D eigenvalue weighted by atomic mass is 10.1. The third-order valence-corrected chi connectivity index (χ3v) is 2.17. The minimum absolute atomic E-state index is 0.195. The van der Waals surface area contributed by atoms with E-state index in [2.05, 4.69) is 10.3 Å². The molecule has 4 N–H and O–H groups in total. The molecule has 0 aliphatic rings. The van der Waals surface area contributed by atoms with Crippen molar-refractivity contribution in [2.45, 2.75) is 6.92 Å². The molecule has 0 saturated heterocycles. The average molecular weight is 253 g/mol. The number of carbonyl (C=O) groups is 2. The van der Waals surface area contributed by atoms with Gasteiger partial charge in [0.1, 0.15) is 12.4 Å². The third-order valence-electron chi connectivity index (χ3n) is 2.17. The number of carboxylic acid groups (broad SMARTS) is 1. The Bertz CT molecular complexity index is 448. The SMILES string of the molecule is Cc1ccnc(NCCOCC(=O)O)c1C(N)=O. The maximum atomic E-state index is 11.3. The first-order chi connectivity index (χ1) is 8.52. The lowest BCUT2D eigenvalue weighted by molar-refractivity contribution is -0.142. The van der Waals surface area contributed by atoms with Crippen LogP contribution in [0.1, 0.15) is 15.9 Å². The molecule has 1 amide bonds. The van der Waals surface area contributed by atoms with Gasteiger partial charge in [0.2, 0.25) is 0 Å². The molecule has 0 bridgehead atoms. The summed E-state index contributed by atoms with van der Waals surface area (Å²) in [6.45, 7) is 1.93. The molecule has 0 aliphatic heterocycles. The highest BCUT2D eigenvalue weighted by Gasteiger charge is 2.11. The van der Waals surface area contributed by atoms with E-state index in [-0.39, 0.29) is 13.2 Å². The minimum Gasteiger partial charge on any atom is -0.480 e. The second kappa shape index (κ2) is 6.55. The van der Waals surface area contributed by atoms with Crippen LogP contribution >= 0.6 is 0 Å². The summed E-state index contributed by atoms with van der Waals surface area (Å²) >= 11 is 0. The van der Waals surface area contributed by atoms with Crippen molar-refractivity contribution in [2.24, 2.45) is 5.73 Å². The van der Waals surface area contributed by atoms with Crippen LogP contribution in [0, 0.1) is 6.92 Å². The number of nitrogens with two attached hydrogens (primary N) is 1. The maximum absolute atomic E-state index is 11.3. The summed E-state index contributed by atoms with van der Waals surface area (Å²) in [4.78, 5) is 25.5. The van der Waals surface area contributed by atoms with Gasteiger partial charge in [-0.25, -0.2) is 9.78 Å². The van der Waals surface area contributed by atoms with E-state index in [0.717, 1.165) is 5.56 Å². The van der Waals surface area contributed by atoms with Crippen molar-refractivity contribution < 1.29 is 19.4 Å². The predicted octanol–water partition coefficient (Wildman–Crippen LogP) is 0.00202. The fourth-order valence-corrected chi connectivity index (χ4v) is 1.40. The molecule has 1 heterocycles. The third kappa shape index (κ3) is 4.02. The summed E-state index contributed by atoms with van der Waals surface area (Å²) < 4.78 is 4.84. The summed E-state index contributed by atoms with van der Waals surface area (Å²) in [6.07, 6.45) is 1.56. The number of pyridine rings is 1. The van der Waals surface area contributed by atoms with Crippen molar-refractivity contribution in [3.8, 4) is 0 Å². The molecule has 18 heavy (non-hydrogen) atoms. The number of ether oxygens (including phenoxy) is 1. The molecule has 0 aliphatic carbocycles. The fraction of sp³-hybridized carbons (Fsp3) is 0.364. The molecule has 0 saturated carbocycles. The maximum Gasteiger partial charge on any atom is 0.329 e. The zero-order valence-electron chi connectivity index (χ0n) is 9.97. The Morgan fingerprint density at radius 2 is 2.28 bits per heavy atom. The molecule has 0 spiro atoms. The van der Waals surface area contributed by atoms with E-state index in [9.17, 15) is 9.59 Å². The zero-order chi connectivity index (χ0) is 13.5. The number of nitrogens with one attached hydrogen (secondary N) is 1. The Labute approximate surface area is 104 Å². The number of nitrogens with zero attached hydrogens (tertiary/aromatic N) is 1. The van der Waals surface area contributed by atoms with Gasteiger partial charge in [-0.15, -0.1) is 0 Å². The van der Waals surface area contributed by atoms with Crippen LogP contribution in [0.3, 0.4) is 0 Å². The number of primary amides is 1. The molecule has 0 unspecified atom stereocenters. The fourth-order valence-electron chi connectivity index (χ4n) is 1.40. The zero-order valence-corrected chi connectivity index (χ0v) is 9.97. The molecule has 7 nitrogen and oxygen atoms in total. The van der Waals surface area contributed by atoms with Crippen molar-refractivity contribution in [1.29, 1.82) is 0 Å². The number of aromatic nitrogens is 1. The molecular weight excluding hydrogens is 238 g/mol. The standard InChI is InChI=1S/C11H15N3O4/c1-7-2-3-13-11(9(7)10(12)17)14-4-5-18-6-8(15)16/h2-3H,4-6H2,1H3,(H2,12,17)(H,13,14)(H,15,16). The lowest BCUT2D eigenvalue weighted by Gasteiger charge is -2.10. The second-order valence-corrected chi connectivity index (χ2v) is 3.59. The summed E-state index contributed by atoms with van der Waals surface area (Å²) in [5.41, 5.74) is 6.32. The van der Waals surface area contributed by atoms with Crippen LogP contribution < -0.4 is 11.1 Å². The monoisotopic (exact) mass is 253 g/mol. The van der Waals surface area contributed by atoms with Crippen LogP contribution in [-0.2, 0) is 9.53 Å². The number of aryl methyl sites for hydroxylation is 1. The van der Waals surface area contributed by atoms with Gasteiger partial charge in [0.05, 0.1) is 12.2 Å². The smallest absolute Gasteiger partial charge is 0.329 e. The molecular formula is C11H15N3O4. The van der Waals surface area contributed by atoms with Gasteiger partial charge >= 0.3 is 5.97 Å². The first kappa shape index (κ1) is 13.9. The first-order valence-corrected chi connectivity index (χ1v) is 5.31. The summed E-state index contributed by atoms with van der Waals surface area (Å²) in [5, 5.41) is 11.2. The van der Waals surface area contributed by atoms with Gasteiger partial charge in [0, 0.05) is 12.7 Å². The summed E-state index contributed by atoms with van der Waals surface area (Å²) in [5.74, 6) is -1.21. The van der Waals surface area contributed by atoms with Gasteiger partial charge in [-0.05, 0) is 18.6 Å². The highest BCUT2D eigenvalue weighted by atomic mass is 16.5. The molecule has 0 atom stereocenters. The van der Waals surface area contributed by atoms with Crippen molar-refractivity contribution in [2.75, 3.05) is 25.1 Å². The van der Waals surface area contributed by atoms with E-state index < -0.39 is 11.9 Å². The number of hydrogen-bond donors (Lipinski definition) is 3. The molecule has 0 fully saturated rings. The number of carbonyl (C=O) groups excluding carboxylic acids is 1. The molecule has 1 aromatic heterocycles. The van der Waals surface area contributed by atoms with Gasteiger partial charge < -0.3 is 20.9 Å². The number of carboxylic acids is 1. The topological polar surface area (TPSA) is 115 Å². The number of rotatable bonds is 7. The number of aliphatic carboxylic acids is 1. The first-order valence-electron chi connectivity index (χ1n) is 5.31. The lowest BCUT2D eigenvalue weighted by Crippen LogP contribution is -2.19. The second-order valence-electron chi connectivity index (χ2n) is 3.59. The van der Waals surface area contributed by atoms with Crippen molar-refractivity contribution >= 4 is 17.7 Å². The largest absolute Gasteiger partial charge is 0.480 e. The Hall–Kier alpha value is -2.15. The van der Waals surface area contributed by atoms with Crippen molar-refractivity contribution in [3.63, 3.8) is 0 Å². The highest BCUT2D eigenvalue weighted by molar-refractivity contribution is 5.98. The minimum atomic E-state index is -1.03. The van der Waals surface area contributed by atoms with E-state index >= 15 is 0 Å². The van der Waals surface area contributed by atoms with Crippen LogP contribution in [0.15, 0.2) is 12.3 Å². The average Bonchev–Trinajstić information content (AvgIpc) is 2.27. The number of hydrogen-bond acceptors (Lipinski definition) is 5. The molecule has 0 aromatic carbocycles. The number of anilines is 1. The van der Waals surface area contributed by atoms with Gasteiger partial charge in [0.15, 0.2) is 0 Å². The van der Waals surface area contributed by atoms with Crippen LogP contribution in [0.25, 0.3) is 0 Å².